The lowest BCUT2D eigenvalue weighted by Crippen LogP contribution is -2.47. The standard InChI is InChI=1S/C23H18N4O.CO2/c1-16-7-10-20(18-5-3-2-4-6-18)13-22-25-21(14-23(28)27(22)26-16)19-11-8-17(15-24)9-12-19;2-1-3/h2-14,22,25H,1H3;/b10-7?,20-13?,26-16+;. The minimum atomic E-state index is -0.418. The average Bonchev–Trinajstić information content (AvgIpc) is 2.78. The molecule has 7 heteroatoms. The van der Waals surface area contributed by atoms with Gasteiger partial charge < -0.3 is 5.32 Å². The van der Waals surface area contributed by atoms with Crippen LogP contribution in [0, 0.1) is 11.3 Å². The summed E-state index contributed by atoms with van der Waals surface area (Å²) in [6, 6.07) is 19.3. The van der Waals surface area contributed by atoms with Gasteiger partial charge in [0.05, 0.1) is 17.3 Å². The quantitative estimate of drug-likeness (QED) is 0.820. The average molecular weight is 410 g/mol. The van der Waals surface area contributed by atoms with E-state index in [2.05, 4.69) is 16.5 Å². The fraction of sp³-hybridized carbons (Fsp3) is 0.0833. The van der Waals surface area contributed by atoms with Gasteiger partial charge >= 0.3 is 6.15 Å². The van der Waals surface area contributed by atoms with Crippen molar-refractivity contribution < 1.29 is 14.4 Å². The molecule has 152 valence electrons. The van der Waals surface area contributed by atoms with Gasteiger partial charge in [-0.2, -0.15) is 20.0 Å². The van der Waals surface area contributed by atoms with Crippen LogP contribution >= 0.6 is 0 Å². The van der Waals surface area contributed by atoms with E-state index < -0.39 is 6.17 Å². The molecule has 0 fully saturated rings. The van der Waals surface area contributed by atoms with E-state index in [1.165, 1.54) is 11.1 Å². The van der Waals surface area contributed by atoms with E-state index in [1.807, 2.05) is 67.6 Å². The summed E-state index contributed by atoms with van der Waals surface area (Å²) in [6.45, 7) is 1.87. The minimum absolute atomic E-state index is 0.193. The summed E-state index contributed by atoms with van der Waals surface area (Å²) in [7, 11) is 0. The molecule has 0 spiro atoms. The molecule has 7 nitrogen and oxygen atoms in total. The highest BCUT2D eigenvalue weighted by molar-refractivity contribution is 6.01. The number of hydrogen-bond donors (Lipinski definition) is 1. The highest BCUT2D eigenvalue weighted by Crippen LogP contribution is 2.25. The van der Waals surface area contributed by atoms with E-state index in [9.17, 15) is 4.79 Å². The molecular formula is C24H18N4O3. The summed E-state index contributed by atoms with van der Waals surface area (Å²) < 4.78 is 0. The van der Waals surface area contributed by atoms with Crippen LogP contribution in [0.5, 0.6) is 0 Å². The number of fused-ring (bicyclic) bond motifs is 1. The molecule has 31 heavy (non-hydrogen) atoms. The van der Waals surface area contributed by atoms with Crippen molar-refractivity contribution in [3.05, 3.63) is 95.6 Å². The Hall–Kier alpha value is -4.53. The molecule has 4 rings (SSSR count). The van der Waals surface area contributed by atoms with Crippen LogP contribution in [-0.4, -0.2) is 28.9 Å². The minimum Gasteiger partial charge on any atom is -0.360 e. The van der Waals surface area contributed by atoms with Crippen molar-refractivity contribution in [1.29, 1.82) is 5.26 Å². The Labute approximate surface area is 179 Å². The molecule has 2 aromatic carbocycles. The normalized spacial score (nSPS) is 18.7. The lowest BCUT2D eigenvalue weighted by molar-refractivity contribution is -0.191. The molecule has 0 saturated carbocycles. The third kappa shape index (κ3) is 5.10. The molecule has 0 saturated heterocycles. The number of nitriles is 1. The first-order valence-corrected chi connectivity index (χ1v) is 9.37. The number of rotatable bonds is 2. The van der Waals surface area contributed by atoms with Crippen molar-refractivity contribution >= 4 is 29.0 Å². The highest BCUT2D eigenvalue weighted by atomic mass is 16.2. The van der Waals surface area contributed by atoms with Gasteiger partial charge in [-0.05, 0) is 47.9 Å². The maximum Gasteiger partial charge on any atom is 0.373 e. The first-order chi connectivity index (χ1) is 15.0. The van der Waals surface area contributed by atoms with Crippen molar-refractivity contribution in [1.82, 2.24) is 10.3 Å². The molecule has 1 amide bonds. The Bertz CT molecular complexity index is 1160. The van der Waals surface area contributed by atoms with Gasteiger partial charge in [0.15, 0.2) is 0 Å². The Kier molecular flexibility index (Phi) is 6.69. The van der Waals surface area contributed by atoms with Crippen molar-refractivity contribution in [2.75, 3.05) is 0 Å². The molecule has 1 unspecified atom stereocenters. The van der Waals surface area contributed by atoms with Gasteiger partial charge in [-0.25, -0.2) is 5.01 Å². The molecule has 0 radical (unpaired) electrons. The van der Waals surface area contributed by atoms with Gasteiger partial charge in [-0.15, -0.1) is 0 Å². The first kappa shape index (κ1) is 21.2. The van der Waals surface area contributed by atoms with Gasteiger partial charge in [0, 0.05) is 11.8 Å². The molecule has 2 heterocycles. The number of nitrogens with zero attached hydrogens (tertiary/aromatic N) is 3. The lowest BCUT2D eigenvalue weighted by atomic mass is 10.0. The number of benzene rings is 2. The fourth-order valence-electron chi connectivity index (χ4n) is 3.17. The summed E-state index contributed by atoms with van der Waals surface area (Å²) in [5.41, 5.74) is 4.95. The van der Waals surface area contributed by atoms with Gasteiger partial charge in [-0.1, -0.05) is 48.5 Å². The van der Waals surface area contributed by atoms with E-state index in [4.69, 9.17) is 14.9 Å². The molecule has 0 aromatic heterocycles. The second-order valence-electron chi connectivity index (χ2n) is 6.67. The lowest BCUT2D eigenvalue weighted by Gasteiger charge is -2.32. The Morgan fingerprint density at radius 3 is 2.32 bits per heavy atom. The summed E-state index contributed by atoms with van der Waals surface area (Å²) >= 11 is 0. The molecule has 2 aromatic rings. The monoisotopic (exact) mass is 410 g/mol. The molecule has 1 N–H and O–H groups in total. The Balaban J connectivity index is 0.000000858. The van der Waals surface area contributed by atoms with Crippen LogP contribution in [0.3, 0.4) is 0 Å². The zero-order valence-electron chi connectivity index (χ0n) is 16.6. The number of carbonyl (C=O) groups is 1. The number of amides is 1. The number of carbonyl (C=O) groups excluding carboxylic acids is 3. The number of hydrogen-bond acceptors (Lipinski definition) is 6. The van der Waals surface area contributed by atoms with Crippen LogP contribution in [0.15, 0.2) is 84.0 Å². The van der Waals surface area contributed by atoms with Crippen LogP contribution in [-0.2, 0) is 14.4 Å². The second kappa shape index (κ2) is 9.79. The van der Waals surface area contributed by atoms with Crippen molar-refractivity contribution in [2.24, 2.45) is 5.10 Å². The van der Waals surface area contributed by atoms with Crippen LogP contribution < -0.4 is 5.32 Å². The Morgan fingerprint density at radius 2 is 1.68 bits per heavy atom. The molecule has 0 bridgehead atoms. The molecule has 2 aliphatic heterocycles. The van der Waals surface area contributed by atoms with E-state index in [1.54, 1.807) is 12.1 Å². The van der Waals surface area contributed by atoms with Crippen LogP contribution in [0.1, 0.15) is 23.6 Å². The largest absolute Gasteiger partial charge is 0.373 e. The van der Waals surface area contributed by atoms with Gasteiger partial charge in [0.1, 0.15) is 6.17 Å². The zero-order valence-corrected chi connectivity index (χ0v) is 16.6. The predicted octanol–water partition coefficient (Wildman–Crippen LogP) is 3.10. The SMILES string of the molecule is C/C1=N\N2C(=O)C=C(c3ccc(C#N)cc3)NC2C=C(c2ccccc2)C=C1.O=C=O. The summed E-state index contributed by atoms with van der Waals surface area (Å²) in [4.78, 5) is 29.0. The highest BCUT2D eigenvalue weighted by Gasteiger charge is 2.28. The van der Waals surface area contributed by atoms with E-state index in [-0.39, 0.29) is 12.1 Å². The Morgan fingerprint density at radius 1 is 1.00 bits per heavy atom. The van der Waals surface area contributed by atoms with Crippen molar-refractivity contribution in [2.45, 2.75) is 13.1 Å². The van der Waals surface area contributed by atoms with Crippen LogP contribution in [0.4, 0.5) is 0 Å². The van der Waals surface area contributed by atoms with E-state index >= 15 is 0 Å². The number of allylic oxidation sites excluding steroid dienone is 3. The van der Waals surface area contributed by atoms with Crippen molar-refractivity contribution in [3.8, 4) is 6.07 Å². The smallest absolute Gasteiger partial charge is 0.360 e. The van der Waals surface area contributed by atoms with Crippen LogP contribution in [0.25, 0.3) is 11.3 Å². The molecule has 2 aliphatic rings. The summed E-state index contributed by atoms with van der Waals surface area (Å²) in [5, 5.41) is 18.3. The van der Waals surface area contributed by atoms with Gasteiger partial charge in [0.25, 0.3) is 5.91 Å². The first-order valence-electron chi connectivity index (χ1n) is 9.37. The second-order valence-corrected chi connectivity index (χ2v) is 6.67. The molecular weight excluding hydrogens is 392 g/mol. The molecule has 1 atom stereocenters. The predicted molar refractivity (Wildman–Crippen MR) is 115 cm³/mol. The topological polar surface area (TPSA) is 103 Å². The number of hydrazone groups is 1. The van der Waals surface area contributed by atoms with Crippen LogP contribution in [0.2, 0.25) is 0 Å². The maximum absolute atomic E-state index is 12.8. The summed E-state index contributed by atoms with van der Waals surface area (Å²) in [6.07, 6.45) is 7.28. The van der Waals surface area contributed by atoms with E-state index in [0.29, 0.717) is 11.3 Å². The van der Waals surface area contributed by atoms with E-state index in [0.717, 1.165) is 22.4 Å². The molecule has 0 aliphatic carbocycles. The maximum atomic E-state index is 12.8. The van der Waals surface area contributed by atoms with Crippen molar-refractivity contribution in [3.63, 3.8) is 0 Å². The summed E-state index contributed by atoms with van der Waals surface area (Å²) in [5.74, 6) is -0.193. The third-order valence-electron chi connectivity index (χ3n) is 4.60. The van der Waals surface area contributed by atoms with Gasteiger partial charge in [-0.3, -0.25) is 4.79 Å². The van der Waals surface area contributed by atoms with Gasteiger partial charge in [0.2, 0.25) is 0 Å². The zero-order chi connectivity index (χ0) is 22.2. The third-order valence-corrected chi connectivity index (χ3v) is 4.60. The fourth-order valence-corrected chi connectivity index (χ4v) is 3.17. The number of nitrogens with one attached hydrogen (secondary N) is 1.